The van der Waals surface area contributed by atoms with Gasteiger partial charge in [-0.05, 0) is 83.5 Å². The maximum atomic E-state index is 12.9. The molecule has 0 radical (unpaired) electrons. The van der Waals surface area contributed by atoms with Gasteiger partial charge in [0.05, 0.1) is 27.7 Å². The SMILES string of the molecule is CCCCCCC/C=C\C/C=C\C/C=C\CCCCCCCCCCCCCCCCCCCCCCCCC(=O)OC(COC(=O)CCCCCCCCCCCCCCCCCCCCCCCCCCC/C=C\C/C=C\CCCCCCC)COP(=O)([O-])OCC[N+](C)(C)C. The fourth-order valence-corrected chi connectivity index (χ4v) is 13.7. The van der Waals surface area contributed by atoms with Crippen LogP contribution in [0.1, 0.15) is 438 Å². The molecule has 2 atom stereocenters. The molecule has 0 heterocycles. The lowest BCUT2D eigenvalue weighted by Gasteiger charge is -2.28. The van der Waals surface area contributed by atoms with Crippen LogP contribution in [0.5, 0.6) is 0 Å². The number of carbonyl (C=O) groups excluding carboxylic acids is 2. The van der Waals surface area contributed by atoms with Crippen LogP contribution < -0.4 is 4.89 Å². The van der Waals surface area contributed by atoms with Gasteiger partial charge in [0.1, 0.15) is 19.8 Å². The third-order valence-electron chi connectivity index (χ3n) is 19.5. The first-order chi connectivity index (χ1) is 48.0. The summed E-state index contributed by atoms with van der Waals surface area (Å²) in [4.78, 5) is 38.2. The van der Waals surface area contributed by atoms with E-state index < -0.39 is 26.5 Å². The molecule has 0 aromatic rings. The van der Waals surface area contributed by atoms with Gasteiger partial charge in [0.25, 0.3) is 7.82 Å². The number of hydrogen-bond acceptors (Lipinski definition) is 8. The Morgan fingerprint density at radius 1 is 0.316 bits per heavy atom. The summed E-state index contributed by atoms with van der Waals surface area (Å²) in [6.45, 7) is 4.29. The molecule has 0 aliphatic heterocycles. The van der Waals surface area contributed by atoms with Crippen molar-refractivity contribution in [2.24, 2.45) is 0 Å². The normalized spacial score (nSPS) is 13.2. The molecule has 9 nitrogen and oxygen atoms in total. The monoisotopic (exact) mass is 1400 g/mol. The number of quaternary nitrogens is 1. The van der Waals surface area contributed by atoms with E-state index in [1.165, 1.54) is 353 Å². The smallest absolute Gasteiger partial charge is 0.306 e. The van der Waals surface area contributed by atoms with Crippen molar-refractivity contribution in [3.63, 3.8) is 0 Å². The van der Waals surface area contributed by atoms with E-state index in [1.807, 2.05) is 21.1 Å². The van der Waals surface area contributed by atoms with Crippen LogP contribution in [-0.2, 0) is 32.7 Å². The number of phosphoric acid groups is 1. The number of unbranched alkanes of at least 4 members (excludes halogenated alkanes) is 57. The molecule has 0 saturated heterocycles. The summed E-state index contributed by atoms with van der Waals surface area (Å²) in [5.74, 6) is -0.808. The Hall–Kier alpha value is -2.29. The number of rotatable bonds is 81. The lowest BCUT2D eigenvalue weighted by Crippen LogP contribution is -2.37. The van der Waals surface area contributed by atoms with Crippen LogP contribution in [0.3, 0.4) is 0 Å². The van der Waals surface area contributed by atoms with E-state index in [2.05, 4.69) is 74.6 Å². The van der Waals surface area contributed by atoms with Gasteiger partial charge in [-0.25, -0.2) is 0 Å². The number of carbonyl (C=O) groups is 2. The Labute approximate surface area is 610 Å². The first-order valence-electron chi connectivity index (χ1n) is 43.0. The van der Waals surface area contributed by atoms with Crippen molar-refractivity contribution in [3.8, 4) is 0 Å². The van der Waals surface area contributed by atoms with Gasteiger partial charge in [0, 0.05) is 12.8 Å². The van der Waals surface area contributed by atoms with Crippen molar-refractivity contribution in [3.05, 3.63) is 60.8 Å². The standard InChI is InChI=1S/C88H166NO8P/c1-6-8-10-12-14-16-18-20-22-24-26-28-30-32-34-36-38-40-42-44-46-48-50-52-54-56-58-60-62-64-66-68-70-72-74-76-78-80-87(90)94-84-86(85-96-98(92,93)95-83-82-89(3,4)5)97-88(91)81-79-77-75-73-71-69-67-65-63-61-59-57-55-53-51-49-47-45-43-41-39-37-35-33-31-29-27-25-23-21-19-17-15-13-11-9-7-2/h18-21,24-27,31,33,86H,6-17,22-23,28-30,32,34-85H2,1-5H3/b20-18-,21-19-,26-24-,27-25-,33-31-. The second kappa shape index (κ2) is 78.8. The summed E-state index contributed by atoms with van der Waals surface area (Å²) in [5.41, 5.74) is 0. The molecule has 10 heteroatoms. The molecule has 0 amide bonds. The predicted molar refractivity (Wildman–Crippen MR) is 425 cm³/mol. The number of ether oxygens (including phenoxy) is 2. The van der Waals surface area contributed by atoms with Crippen LogP contribution >= 0.6 is 7.82 Å². The molecule has 0 fully saturated rings. The van der Waals surface area contributed by atoms with Crippen LogP contribution in [-0.4, -0.2) is 70.0 Å². The number of nitrogens with zero attached hydrogens (tertiary/aromatic N) is 1. The minimum Gasteiger partial charge on any atom is -0.756 e. The summed E-state index contributed by atoms with van der Waals surface area (Å²) >= 11 is 0. The molecule has 0 aromatic heterocycles. The van der Waals surface area contributed by atoms with E-state index in [-0.39, 0.29) is 32.0 Å². The zero-order valence-electron chi connectivity index (χ0n) is 66.0. The van der Waals surface area contributed by atoms with Crippen LogP contribution in [0.15, 0.2) is 60.8 Å². The molecule has 0 spiro atoms. The van der Waals surface area contributed by atoms with E-state index in [9.17, 15) is 19.0 Å². The minimum absolute atomic E-state index is 0.0281. The van der Waals surface area contributed by atoms with Gasteiger partial charge in [-0.3, -0.25) is 14.2 Å². The third-order valence-corrected chi connectivity index (χ3v) is 20.5. The zero-order valence-corrected chi connectivity index (χ0v) is 66.9. The van der Waals surface area contributed by atoms with Gasteiger partial charge in [0.15, 0.2) is 6.10 Å². The Morgan fingerprint density at radius 2 is 0.551 bits per heavy atom. The van der Waals surface area contributed by atoms with Gasteiger partial charge < -0.3 is 27.9 Å². The third kappa shape index (κ3) is 82.7. The van der Waals surface area contributed by atoms with Crippen molar-refractivity contribution < 1.29 is 42.1 Å². The highest BCUT2D eigenvalue weighted by atomic mass is 31.2. The number of phosphoric ester groups is 1. The van der Waals surface area contributed by atoms with Crippen molar-refractivity contribution in [1.82, 2.24) is 0 Å². The Kier molecular flexibility index (Phi) is 77.0. The Balaban J connectivity index is 3.88. The first-order valence-corrected chi connectivity index (χ1v) is 44.5. The van der Waals surface area contributed by atoms with Crippen molar-refractivity contribution in [2.75, 3.05) is 47.5 Å². The quantitative estimate of drug-likeness (QED) is 0.0195. The van der Waals surface area contributed by atoms with Crippen molar-refractivity contribution in [2.45, 2.75) is 444 Å². The van der Waals surface area contributed by atoms with Crippen LogP contribution in [0.25, 0.3) is 0 Å². The molecule has 0 rings (SSSR count). The molecule has 0 N–H and O–H groups in total. The molecule has 2 unspecified atom stereocenters. The van der Waals surface area contributed by atoms with Crippen molar-refractivity contribution >= 4 is 19.8 Å². The summed E-state index contributed by atoms with van der Waals surface area (Å²) in [6, 6.07) is 0. The summed E-state index contributed by atoms with van der Waals surface area (Å²) in [5, 5.41) is 0. The lowest BCUT2D eigenvalue weighted by molar-refractivity contribution is -0.870. The highest BCUT2D eigenvalue weighted by molar-refractivity contribution is 7.45. The second-order valence-corrected chi connectivity index (χ2v) is 32.0. The lowest BCUT2D eigenvalue weighted by atomic mass is 10.0. The average molecular weight is 1400 g/mol. The summed E-state index contributed by atoms with van der Waals surface area (Å²) in [7, 11) is 1.19. The Bertz CT molecular complexity index is 1840. The highest BCUT2D eigenvalue weighted by Gasteiger charge is 2.22. The topological polar surface area (TPSA) is 111 Å². The maximum Gasteiger partial charge on any atom is 0.306 e. The van der Waals surface area contributed by atoms with Crippen LogP contribution in [0.2, 0.25) is 0 Å². The van der Waals surface area contributed by atoms with Gasteiger partial charge in [-0.15, -0.1) is 0 Å². The van der Waals surface area contributed by atoms with Crippen molar-refractivity contribution in [1.29, 1.82) is 0 Å². The molecule has 98 heavy (non-hydrogen) atoms. The summed E-state index contributed by atoms with van der Waals surface area (Å²) in [6.07, 6.45) is 107. The number of hydrogen-bond donors (Lipinski definition) is 0. The molecule has 0 aromatic carbocycles. The highest BCUT2D eigenvalue weighted by Crippen LogP contribution is 2.38. The van der Waals surface area contributed by atoms with E-state index in [1.54, 1.807) is 0 Å². The minimum atomic E-state index is -4.65. The van der Waals surface area contributed by atoms with E-state index in [4.69, 9.17) is 18.5 Å². The first kappa shape index (κ1) is 95.7. The van der Waals surface area contributed by atoms with Crippen LogP contribution in [0.4, 0.5) is 0 Å². The molecule has 0 aliphatic rings. The van der Waals surface area contributed by atoms with Gasteiger partial charge >= 0.3 is 11.9 Å². The molecular weight excluding hydrogens is 1230 g/mol. The zero-order chi connectivity index (χ0) is 71.1. The van der Waals surface area contributed by atoms with E-state index in [0.717, 1.165) is 51.4 Å². The van der Waals surface area contributed by atoms with Crippen LogP contribution in [0, 0.1) is 0 Å². The molecular formula is C88H166NO8P. The maximum absolute atomic E-state index is 12.9. The molecule has 0 aliphatic carbocycles. The van der Waals surface area contributed by atoms with Gasteiger partial charge in [0.2, 0.25) is 0 Å². The predicted octanol–water partition coefficient (Wildman–Crippen LogP) is 28.2. The number of likely N-dealkylation sites (N-methyl/N-ethyl adjacent to an activating group) is 1. The summed E-state index contributed by atoms with van der Waals surface area (Å²) < 4.78 is 34.5. The second-order valence-electron chi connectivity index (χ2n) is 30.5. The van der Waals surface area contributed by atoms with Gasteiger partial charge in [-0.1, -0.05) is 402 Å². The fourth-order valence-electron chi connectivity index (χ4n) is 12.9. The largest absolute Gasteiger partial charge is 0.756 e. The average Bonchev–Trinajstić information content (AvgIpc) is 1.08. The molecule has 576 valence electrons. The van der Waals surface area contributed by atoms with Gasteiger partial charge in [-0.2, -0.15) is 0 Å². The Morgan fingerprint density at radius 3 is 0.816 bits per heavy atom. The number of esters is 2. The van der Waals surface area contributed by atoms with E-state index in [0.29, 0.717) is 17.4 Å². The van der Waals surface area contributed by atoms with E-state index >= 15 is 0 Å². The molecule has 0 bridgehead atoms. The number of allylic oxidation sites excluding steroid dienone is 10. The fraction of sp³-hybridized carbons (Fsp3) is 0.864. The molecule has 0 saturated carbocycles.